The van der Waals surface area contributed by atoms with Gasteiger partial charge in [0.05, 0.1) is 5.60 Å². The zero-order valence-corrected chi connectivity index (χ0v) is 10.1. The normalized spacial score (nSPS) is 22.1. The molecule has 0 N–H and O–H groups in total. The molecule has 2 rings (SSSR count). The minimum absolute atomic E-state index is 0.0349. The Bertz CT molecular complexity index is 455. The van der Waals surface area contributed by atoms with Gasteiger partial charge in [0, 0.05) is 0 Å². The first-order valence-corrected chi connectivity index (χ1v) is 5.71. The molecule has 1 heterocycles. The quantitative estimate of drug-likeness (QED) is 0.450. The molecule has 0 amide bonds. The van der Waals surface area contributed by atoms with Crippen LogP contribution < -0.4 is 0 Å². The fraction of sp³-hybridized carbons (Fsp3) is 0.267. The fourth-order valence-corrected chi connectivity index (χ4v) is 1.64. The SMILES string of the molecule is CC1(C)OC1C(=O)C=CC=Cc1ccccc1. The predicted octanol–water partition coefficient (Wildman–Crippen LogP) is 3.00. The molecular weight excluding hydrogens is 212 g/mol. The highest BCUT2D eigenvalue weighted by molar-refractivity contribution is 5.96. The number of hydrogen-bond acceptors (Lipinski definition) is 2. The molecule has 1 aromatic carbocycles. The first kappa shape index (κ1) is 11.8. The summed E-state index contributed by atoms with van der Waals surface area (Å²) in [6.45, 7) is 3.84. The van der Waals surface area contributed by atoms with Crippen LogP contribution in [0.4, 0.5) is 0 Å². The van der Waals surface area contributed by atoms with Crippen LogP contribution in [-0.2, 0) is 9.53 Å². The summed E-state index contributed by atoms with van der Waals surface area (Å²) in [5.74, 6) is 0.0349. The number of hydrogen-bond donors (Lipinski definition) is 0. The van der Waals surface area contributed by atoms with Crippen LogP contribution in [0.2, 0.25) is 0 Å². The van der Waals surface area contributed by atoms with Gasteiger partial charge in [0.15, 0.2) is 5.78 Å². The van der Waals surface area contributed by atoms with E-state index in [1.165, 1.54) is 0 Å². The summed E-state index contributed by atoms with van der Waals surface area (Å²) in [7, 11) is 0. The molecule has 17 heavy (non-hydrogen) atoms. The number of epoxide rings is 1. The van der Waals surface area contributed by atoms with Crippen LogP contribution in [0.15, 0.2) is 48.6 Å². The van der Waals surface area contributed by atoms with Gasteiger partial charge in [-0.15, -0.1) is 0 Å². The van der Waals surface area contributed by atoms with E-state index >= 15 is 0 Å². The van der Waals surface area contributed by atoms with Gasteiger partial charge >= 0.3 is 0 Å². The number of rotatable bonds is 4. The van der Waals surface area contributed by atoms with Gasteiger partial charge in [-0.2, -0.15) is 0 Å². The molecular formula is C15H16O2. The Kier molecular flexibility index (Phi) is 3.25. The molecule has 88 valence electrons. The van der Waals surface area contributed by atoms with E-state index in [4.69, 9.17) is 4.74 Å². The number of carbonyl (C=O) groups is 1. The molecule has 2 heteroatoms. The molecule has 1 aliphatic heterocycles. The van der Waals surface area contributed by atoms with E-state index in [0.717, 1.165) is 5.56 Å². The highest BCUT2D eigenvalue weighted by Crippen LogP contribution is 2.35. The van der Waals surface area contributed by atoms with Gasteiger partial charge < -0.3 is 4.74 Å². The summed E-state index contributed by atoms with van der Waals surface area (Å²) in [6.07, 6.45) is 6.89. The number of ketones is 1. The summed E-state index contributed by atoms with van der Waals surface area (Å²) in [4.78, 5) is 11.6. The predicted molar refractivity (Wildman–Crippen MR) is 68.6 cm³/mol. The Morgan fingerprint density at radius 1 is 1.24 bits per heavy atom. The van der Waals surface area contributed by atoms with Gasteiger partial charge in [-0.1, -0.05) is 48.6 Å². The minimum Gasteiger partial charge on any atom is -0.358 e. The maximum Gasteiger partial charge on any atom is 0.187 e. The highest BCUT2D eigenvalue weighted by Gasteiger charge is 2.51. The number of ether oxygens (including phenoxy) is 1. The van der Waals surface area contributed by atoms with Crippen molar-refractivity contribution in [1.29, 1.82) is 0 Å². The van der Waals surface area contributed by atoms with Crippen molar-refractivity contribution in [1.82, 2.24) is 0 Å². The Morgan fingerprint density at radius 2 is 1.88 bits per heavy atom. The lowest BCUT2D eigenvalue weighted by Gasteiger charge is -1.90. The molecule has 0 aromatic heterocycles. The summed E-state index contributed by atoms with van der Waals surface area (Å²) in [6, 6.07) is 9.96. The Hall–Kier alpha value is -1.67. The van der Waals surface area contributed by atoms with E-state index in [1.54, 1.807) is 12.2 Å². The minimum atomic E-state index is -0.273. The molecule has 1 atom stereocenters. The molecule has 1 unspecified atom stereocenters. The van der Waals surface area contributed by atoms with Crippen LogP contribution >= 0.6 is 0 Å². The van der Waals surface area contributed by atoms with E-state index < -0.39 is 0 Å². The third kappa shape index (κ3) is 3.14. The van der Waals surface area contributed by atoms with E-state index in [2.05, 4.69) is 0 Å². The average Bonchev–Trinajstić information content (AvgIpc) is 2.95. The van der Waals surface area contributed by atoms with Crippen molar-refractivity contribution in [3.05, 3.63) is 54.1 Å². The molecule has 1 aromatic rings. The second-order valence-corrected chi connectivity index (χ2v) is 4.63. The van der Waals surface area contributed by atoms with Gasteiger partial charge in [-0.25, -0.2) is 0 Å². The molecule has 1 fully saturated rings. The van der Waals surface area contributed by atoms with Crippen LogP contribution in [0.1, 0.15) is 19.4 Å². The maximum atomic E-state index is 11.6. The Balaban J connectivity index is 1.86. The highest BCUT2D eigenvalue weighted by atomic mass is 16.6. The van der Waals surface area contributed by atoms with Crippen molar-refractivity contribution in [3.63, 3.8) is 0 Å². The van der Waals surface area contributed by atoms with Gasteiger partial charge in [0.2, 0.25) is 0 Å². The first-order valence-electron chi connectivity index (χ1n) is 5.71. The van der Waals surface area contributed by atoms with Crippen molar-refractivity contribution in [2.24, 2.45) is 0 Å². The molecule has 0 aliphatic carbocycles. The summed E-state index contributed by atoms with van der Waals surface area (Å²) < 4.78 is 5.26. The molecule has 0 bridgehead atoms. The number of benzene rings is 1. The lowest BCUT2D eigenvalue weighted by molar-refractivity contribution is -0.115. The lowest BCUT2D eigenvalue weighted by atomic mass is 10.1. The second-order valence-electron chi connectivity index (χ2n) is 4.63. The molecule has 1 aliphatic rings. The van der Waals surface area contributed by atoms with Gasteiger partial charge in [0.25, 0.3) is 0 Å². The summed E-state index contributed by atoms with van der Waals surface area (Å²) >= 11 is 0. The Labute approximate surface area is 102 Å². The van der Waals surface area contributed by atoms with Gasteiger partial charge in [-0.05, 0) is 25.5 Å². The zero-order chi connectivity index (χ0) is 12.3. The van der Waals surface area contributed by atoms with Crippen molar-refractivity contribution in [2.75, 3.05) is 0 Å². The zero-order valence-electron chi connectivity index (χ0n) is 10.1. The summed E-state index contributed by atoms with van der Waals surface area (Å²) in [5.41, 5.74) is 0.845. The van der Waals surface area contributed by atoms with Crippen molar-refractivity contribution >= 4 is 11.9 Å². The van der Waals surface area contributed by atoms with Gasteiger partial charge in [0.1, 0.15) is 6.10 Å². The molecule has 0 saturated carbocycles. The third-order valence-electron chi connectivity index (χ3n) is 2.71. The van der Waals surface area contributed by atoms with Crippen LogP contribution in [0.3, 0.4) is 0 Å². The largest absolute Gasteiger partial charge is 0.358 e. The Morgan fingerprint density at radius 3 is 2.47 bits per heavy atom. The number of allylic oxidation sites excluding steroid dienone is 2. The molecule has 1 saturated heterocycles. The van der Waals surface area contributed by atoms with E-state index in [-0.39, 0.29) is 17.5 Å². The monoisotopic (exact) mass is 228 g/mol. The van der Waals surface area contributed by atoms with Gasteiger partial charge in [-0.3, -0.25) is 4.79 Å². The lowest BCUT2D eigenvalue weighted by Crippen LogP contribution is -2.11. The average molecular weight is 228 g/mol. The van der Waals surface area contributed by atoms with E-state index in [0.29, 0.717) is 0 Å². The molecule has 0 radical (unpaired) electrons. The van der Waals surface area contributed by atoms with Crippen molar-refractivity contribution in [3.8, 4) is 0 Å². The van der Waals surface area contributed by atoms with Crippen LogP contribution in [0.5, 0.6) is 0 Å². The summed E-state index contributed by atoms with van der Waals surface area (Å²) in [5, 5.41) is 0. The molecule has 0 spiro atoms. The smallest absolute Gasteiger partial charge is 0.187 e. The maximum absolute atomic E-state index is 11.6. The van der Waals surface area contributed by atoms with Crippen LogP contribution in [0, 0.1) is 0 Å². The molecule has 2 nitrogen and oxygen atoms in total. The first-order chi connectivity index (χ1) is 8.09. The van der Waals surface area contributed by atoms with Crippen molar-refractivity contribution in [2.45, 2.75) is 25.6 Å². The standard InChI is InChI=1S/C15H16O2/c1-15(2)14(17-15)13(16)11-7-6-10-12-8-4-3-5-9-12/h3-11,14H,1-2H3. The third-order valence-corrected chi connectivity index (χ3v) is 2.71. The topological polar surface area (TPSA) is 29.6 Å². The van der Waals surface area contributed by atoms with Crippen LogP contribution in [0.25, 0.3) is 6.08 Å². The van der Waals surface area contributed by atoms with Crippen LogP contribution in [-0.4, -0.2) is 17.5 Å². The van der Waals surface area contributed by atoms with E-state index in [1.807, 2.05) is 56.3 Å². The van der Waals surface area contributed by atoms with E-state index in [9.17, 15) is 4.79 Å². The fourth-order valence-electron chi connectivity index (χ4n) is 1.64. The second kappa shape index (κ2) is 4.68. The number of carbonyl (C=O) groups excluding carboxylic acids is 1. The van der Waals surface area contributed by atoms with Crippen molar-refractivity contribution < 1.29 is 9.53 Å².